The fraction of sp³-hybridized carbons (Fsp3) is 0.944. The SMILES string of the molecule is CCCNC1(C(=O)OCC)CCCCCCCCCCC1. The molecular formula is C18H35NO2. The minimum atomic E-state index is -0.425. The molecular weight excluding hydrogens is 262 g/mol. The van der Waals surface area contributed by atoms with Crippen molar-refractivity contribution in [3.63, 3.8) is 0 Å². The Bertz CT molecular complexity index is 266. The molecule has 0 heterocycles. The predicted molar refractivity (Wildman–Crippen MR) is 88.4 cm³/mol. The van der Waals surface area contributed by atoms with Crippen LogP contribution in [-0.2, 0) is 9.53 Å². The number of carbonyl (C=O) groups excluding carboxylic acids is 1. The van der Waals surface area contributed by atoms with E-state index in [1.54, 1.807) is 0 Å². The minimum Gasteiger partial charge on any atom is -0.465 e. The zero-order valence-corrected chi connectivity index (χ0v) is 14.2. The molecule has 1 aliphatic carbocycles. The van der Waals surface area contributed by atoms with E-state index < -0.39 is 5.54 Å². The highest BCUT2D eigenvalue weighted by molar-refractivity contribution is 5.80. The Morgan fingerprint density at radius 1 is 0.905 bits per heavy atom. The molecule has 0 bridgehead atoms. The summed E-state index contributed by atoms with van der Waals surface area (Å²) in [4.78, 5) is 12.6. The molecule has 0 amide bonds. The maximum absolute atomic E-state index is 12.6. The lowest BCUT2D eigenvalue weighted by atomic mass is 9.85. The highest BCUT2D eigenvalue weighted by Crippen LogP contribution is 2.26. The van der Waals surface area contributed by atoms with Gasteiger partial charge in [0.05, 0.1) is 6.61 Å². The number of carbonyl (C=O) groups is 1. The molecule has 0 aliphatic heterocycles. The molecule has 1 fully saturated rings. The van der Waals surface area contributed by atoms with Crippen LogP contribution in [0.2, 0.25) is 0 Å². The Labute approximate surface area is 131 Å². The Morgan fingerprint density at radius 2 is 1.38 bits per heavy atom. The maximum Gasteiger partial charge on any atom is 0.326 e. The fourth-order valence-corrected chi connectivity index (χ4v) is 3.30. The van der Waals surface area contributed by atoms with Crippen LogP contribution in [0.1, 0.15) is 90.9 Å². The number of hydrogen-bond acceptors (Lipinski definition) is 3. The molecule has 0 saturated heterocycles. The Hall–Kier alpha value is -0.570. The quantitative estimate of drug-likeness (QED) is 0.754. The standard InChI is InChI=1S/C18H35NO2/c1-3-16-19-18(17(20)21-4-2)14-12-10-8-6-5-7-9-11-13-15-18/h19H,3-16H2,1-2H3. The molecule has 0 aromatic rings. The van der Waals surface area contributed by atoms with Gasteiger partial charge in [0.25, 0.3) is 0 Å². The van der Waals surface area contributed by atoms with Crippen LogP contribution in [-0.4, -0.2) is 24.7 Å². The van der Waals surface area contributed by atoms with E-state index in [2.05, 4.69) is 12.2 Å². The molecule has 21 heavy (non-hydrogen) atoms. The highest BCUT2D eigenvalue weighted by atomic mass is 16.5. The van der Waals surface area contributed by atoms with Gasteiger partial charge >= 0.3 is 5.97 Å². The van der Waals surface area contributed by atoms with Crippen molar-refractivity contribution >= 4 is 5.97 Å². The highest BCUT2D eigenvalue weighted by Gasteiger charge is 2.38. The maximum atomic E-state index is 12.6. The summed E-state index contributed by atoms with van der Waals surface area (Å²) in [6.07, 6.45) is 14.4. The normalized spacial score (nSPS) is 21.0. The summed E-state index contributed by atoms with van der Waals surface area (Å²) in [7, 11) is 0. The van der Waals surface area contributed by atoms with Crippen molar-refractivity contribution in [2.45, 2.75) is 96.4 Å². The second-order valence-electron chi connectivity index (χ2n) is 6.41. The number of rotatable bonds is 5. The number of ether oxygens (including phenoxy) is 1. The third-order valence-electron chi connectivity index (χ3n) is 4.59. The summed E-state index contributed by atoms with van der Waals surface area (Å²) in [6.45, 7) is 5.44. The number of nitrogens with one attached hydrogen (secondary N) is 1. The summed E-state index contributed by atoms with van der Waals surface area (Å²) < 4.78 is 5.40. The van der Waals surface area contributed by atoms with Gasteiger partial charge in [0.15, 0.2) is 0 Å². The van der Waals surface area contributed by atoms with Crippen LogP contribution in [0.15, 0.2) is 0 Å². The molecule has 0 unspecified atom stereocenters. The van der Waals surface area contributed by atoms with Crippen LogP contribution in [0.4, 0.5) is 0 Å². The smallest absolute Gasteiger partial charge is 0.326 e. The second kappa shape index (κ2) is 11.1. The van der Waals surface area contributed by atoms with Crippen LogP contribution in [0.25, 0.3) is 0 Å². The fourth-order valence-electron chi connectivity index (χ4n) is 3.30. The van der Waals surface area contributed by atoms with Gasteiger partial charge in [-0.05, 0) is 32.7 Å². The molecule has 0 radical (unpaired) electrons. The monoisotopic (exact) mass is 297 g/mol. The molecule has 0 spiro atoms. The number of esters is 1. The lowest BCUT2D eigenvalue weighted by molar-refractivity contribution is -0.152. The molecule has 0 aromatic heterocycles. The van der Waals surface area contributed by atoms with Gasteiger partial charge in [-0.1, -0.05) is 64.7 Å². The van der Waals surface area contributed by atoms with Gasteiger partial charge in [0.1, 0.15) is 5.54 Å². The summed E-state index contributed by atoms with van der Waals surface area (Å²) in [5.74, 6) is -0.0180. The molecule has 1 aliphatic rings. The average Bonchev–Trinajstić information content (AvgIpc) is 2.47. The van der Waals surface area contributed by atoms with E-state index in [1.807, 2.05) is 6.92 Å². The molecule has 0 atom stereocenters. The van der Waals surface area contributed by atoms with E-state index in [4.69, 9.17) is 4.74 Å². The largest absolute Gasteiger partial charge is 0.465 e. The summed E-state index contributed by atoms with van der Waals surface area (Å²) >= 11 is 0. The first kappa shape index (κ1) is 18.5. The topological polar surface area (TPSA) is 38.3 Å². The van der Waals surface area contributed by atoms with Gasteiger partial charge < -0.3 is 10.1 Å². The first-order chi connectivity index (χ1) is 10.2. The van der Waals surface area contributed by atoms with Gasteiger partial charge in [-0.15, -0.1) is 0 Å². The van der Waals surface area contributed by atoms with Crippen molar-refractivity contribution in [2.75, 3.05) is 13.2 Å². The Balaban J connectivity index is 2.71. The summed E-state index contributed by atoms with van der Waals surface area (Å²) in [5.41, 5.74) is -0.425. The molecule has 0 aromatic carbocycles. The summed E-state index contributed by atoms with van der Waals surface area (Å²) in [5, 5.41) is 3.55. The first-order valence-corrected chi connectivity index (χ1v) is 9.17. The van der Waals surface area contributed by atoms with Crippen molar-refractivity contribution in [1.82, 2.24) is 5.32 Å². The lowest BCUT2D eigenvalue weighted by Gasteiger charge is -2.33. The van der Waals surface area contributed by atoms with Gasteiger partial charge in [0, 0.05) is 0 Å². The second-order valence-corrected chi connectivity index (χ2v) is 6.41. The first-order valence-electron chi connectivity index (χ1n) is 9.17. The molecule has 1 N–H and O–H groups in total. The van der Waals surface area contributed by atoms with Gasteiger partial charge in [0.2, 0.25) is 0 Å². The van der Waals surface area contributed by atoms with E-state index in [0.717, 1.165) is 38.6 Å². The Kier molecular flexibility index (Phi) is 9.73. The van der Waals surface area contributed by atoms with Gasteiger partial charge in [-0.25, -0.2) is 0 Å². The van der Waals surface area contributed by atoms with Crippen LogP contribution < -0.4 is 5.32 Å². The minimum absolute atomic E-state index is 0.0180. The van der Waals surface area contributed by atoms with Crippen molar-refractivity contribution in [1.29, 1.82) is 0 Å². The lowest BCUT2D eigenvalue weighted by Crippen LogP contribution is -2.53. The average molecular weight is 297 g/mol. The van der Waals surface area contributed by atoms with Crippen LogP contribution >= 0.6 is 0 Å². The predicted octanol–water partition coefficient (Wildman–Crippen LogP) is 4.59. The summed E-state index contributed by atoms with van der Waals surface area (Å²) in [6, 6.07) is 0. The molecule has 3 nitrogen and oxygen atoms in total. The van der Waals surface area contributed by atoms with Crippen LogP contribution in [0, 0.1) is 0 Å². The molecule has 3 heteroatoms. The number of hydrogen-bond donors (Lipinski definition) is 1. The Morgan fingerprint density at radius 3 is 1.81 bits per heavy atom. The van der Waals surface area contributed by atoms with Crippen LogP contribution in [0.5, 0.6) is 0 Å². The molecule has 124 valence electrons. The zero-order valence-electron chi connectivity index (χ0n) is 14.2. The third kappa shape index (κ3) is 6.82. The van der Waals surface area contributed by atoms with E-state index in [0.29, 0.717) is 6.61 Å². The van der Waals surface area contributed by atoms with Gasteiger partial charge in [-0.2, -0.15) is 0 Å². The molecule has 1 saturated carbocycles. The third-order valence-corrected chi connectivity index (χ3v) is 4.59. The van der Waals surface area contributed by atoms with Crippen molar-refractivity contribution < 1.29 is 9.53 Å². The van der Waals surface area contributed by atoms with E-state index in [9.17, 15) is 4.79 Å². The van der Waals surface area contributed by atoms with E-state index >= 15 is 0 Å². The van der Waals surface area contributed by atoms with Crippen molar-refractivity contribution in [3.05, 3.63) is 0 Å². The van der Waals surface area contributed by atoms with Crippen molar-refractivity contribution in [3.8, 4) is 0 Å². The van der Waals surface area contributed by atoms with E-state index in [-0.39, 0.29) is 5.97 Å². The van der Waals surface area contributed by atoms with Crippen LogP contribution in [0.3, 0.4) is 0 Å². The van der Waals surface area contributed by atoms with E-state index in [1.165, 1.54) is 44.9 Å². The molecule has 1 rings (SSSR count). The van der Waals surface area contributed by atoms with Crippen molar-refractivity contribution in [2.24, 2.45) is 0 Å². The zero-order chi connectivity index (χ0) is 15.4. The van der Waals surface area contributed by atoms with Gasteiger partial charge in [-0.3, -0.25) is 4.79 Å².